The molecule has 18 heavy (non-hydrogen) atoms. The second kappa shape index (κ2) is 5.82. The average Bonchev–Trinajstić information content (AvgIpc) is 3.13. The van der Waals surface area contributed by atoms with Crippen LogP contribution in [0.5, 0.6) is 5.75 Å². The summed E-state index contributed by atoms with van der Waals surface area (Å²) in [7, 11) is 1.43. The number of hydrogen-bond donors (Lipinski definition) is 2. The van der Waals surface area contributed by atoms with Crippen molar-refractivity contribution in [3.8, 4) is 5.75 Å². The number of ether oxygens (including phenoxy) is 1. The van der Waals surface area contributed by atoms with Crippen LogP contribution in [0.2, 0.25) is 0 Å². The minimum atomic E-state index is -0.390. The van der Waals surface area contributed by atoms with Gasteiger partial charge in [0.2, 0.25) is 5.91 Å². The van der Waals surface area contributed by atoms with E-state index in [9.17, 15) is 9.18 Å². The van der Waals surface area contributed by atoms with Crippen LogP contribution in [0.3, 0.4) is 0 Å². The normalized spacial score (nSPS) is 14.3. The number of carbonyl (C=O) groups excluding carboxylic acids is 1. The fourth-order valence-corrected chi connectivity index (χ4v) is 1.65. The molecule has 4 nitrogen and oxygen atoms in total. The first kappa shape index (κ1) is 12.8. The van der Waals surface area contributed by atoms with Gasteiger partial charge >= 0.3 is 0 Å². The Hall–Kier alpha value is -1.62. The number of benzene rings is 1. The molecule has 0 aromatic heterocycles. The molecule has 1 aliphatic carbocycles. The minimum Gasteiger partial charge on any atom is -0.494 e. The van der Waals surface area contributed by atoms with Crippen LogP contribution in [0, 0.1) is 5.82 Å². The van der Waals surface area contributed by atoms with Crippen LogP contribution < -0.4 is 15.4 Å². The summed E-state index contributed by atoms with van der Waals surface area (Å²) >= 11 is 0. The molecule has 1 aliphatic rings. The first-order valence-corrected chi connectivity index (χ1v) is 6.01. The average molecular weight is 252 g/mol. The van der Waals surface area contributed by atoms with Crippen molar-refractivity contribution in [2.24, 2.45) is 0 Å². The SMILES string of the molecule is COc1ccc(CNCC(=O)NC2CC2)cc1F. The van der Waals surface area contributed by atoms with E-state index in [2.05, 4.69) is 10.6 Å². The van der Waals surface area contributed by atoms with Crippen molar-refractivity contribution in [3.63, 3.8) is 0 Å². The summed E-state index contributed by atoms with van der Waals surface area (Å²) in [5.74, 6) is -0.170. The van der Waals surface area contributed by atoms with E-state index in [4.69, 9.17) is 4.74 Å². The second-order valence-corrected chi connectivity index (χ2v) is 4.41. The standard InChI is InChI=1S/C13H17FN2O2/c1-18-12-5-2-9(6-11(12)14)7-15-8-13(17)16-10-3-4-10/h2,5-6,10,15H,3-4,7-8H2,1H3,(H,16,17). The zero-order valence-electron chi connectivity index (χ0n) is 10.3. The van der Waals surface area contributed by atoms with Gasteiger partial charge < -0.3 is 15.4 Å². The number of halogens is 1. The van der Waals surface area contributed by atoms with E-state index in [0.717, 1.165) is 18.4 Å². The maximum Gasteiger partial charge on any atom is 0.234 e. The van der Waals surface area contributed by atoms with E-state index in [1.165, 1.54) is 13.2 Å². The van der Waals surface area contributed by atoms with Crippen molar-refractivity contribution in [2.75, 3.05) is 13.7 Å². The molecule has 98 valence electrons. The molecule has 0 spiro atoms. The van der Waals surface area contributed by atoms with Crippen LogP contribution in [0.15, 0.2) is 18.2 Å². The van der Waals surface area contributed by atoms with E-state index in [-0.39, 0.29) is 24.0 Å². The van der Waals surface area contributed by atoms with Gasteiger partial charge in [0.05, 0.1) is 13.7 Å². The van der Waals surface area contributed by atoms with Crippen LogP contribution in [0.1, 0.15) is 18.4 Å². The van der Waals surface area contributed by atoms with Gasteiger partial charge in [-0.25, -0.2) is 4.39 Å². The van der Waals surface area contributed by atoms with Crippen molar-refractivity contribution in [1.82, 2.24) is 10.6 Å². The Morgan fingerprint density at radius 2 is 2.28 bits per heavy atom. The summed E-state index contributed by atoms with van der Waals surface area (Å²) in [6, 6.07) is 5.13. The third-order valence-electron chi connectivity index (χ3n) is 2.77. The molecular weight excluding hydrogens is 235 g/mol. The highest BCUT2D eigenvalue weighted by molar-refractivity contribution is 5.78. The maximum absolute atomic E-state index is 13.4. The summed E-state index contributed by atoms with van der Waals surface area (Å²) in [6.45, 7) is 0.711. The highest BCUT2D eigenvalue weighted by atomic mass is 19.1. The summed E-state index contributed by atoms with van der Waals surface area (Å²) in [6.07, 6.45) is 2.16. The number of carbonyl (C=O) groups is 1. The van der Waals surface area contributed by atoms with Gasteiger partial charge in [-0.1, -0.05) is 6.07 Å². The zero-order valence-corrected chi connectivity index (χ0v) is 10.3. The van der Waals surface area contributed by atoms with Crippen molar-refractivity contribution in [3.05, 3.63) is 29.6 Å². The summed E-state index contributed by atoms with van der Waals surface area (Å²) < 4.78 is 18.2. The number of hydrogen-bond acceptors (Lipinski definition) is 3. The monoisotopic (exact) mass is 252 g/mol. The van der Waals surface area contributed by atoms with Gasteiger partial charge in [-0.05, 0) is 30.5 Å². The van der Waals surface area contributed by atoms with Gasteiger partial charge in [-0.3, -0.25) is 4.79 Å². The van der Waals surface area contributed by atoms with Gasteiger partial charge in [0, 0.05) is 12.6 Å². The Morgan fingerprint density at radius 1 is 1.50 bits per heavy atom. The summed E-state index contributed by atoms with van der Waals surface area (Å²) in [5, 5.41) is 5.85. The zero-order chi connectivity index (χ0) is 13.0. The number of methoxy groups -OCH3 is 1. The van der Waals surface area contributed by atoms with Gasteiger partial charge in [0.15, 0.2) is 11.6 Å². The number of amides is 1. The molecule has 2 rings (SSSR count). The molecular formula is C13H17FN2O2. The van der Waals surface area contributed by atoms with Crippen molar-refractivity contribution < 1.29 is 13.9 Å². The molecule has 1 aromatic rings. The summed E-state index contributed by atoms with van der Waals surface area (Å²) in [5.41, 5.74) is 0.785. The largest absolute Gasteiger partial charge is 0.494 e. The van der Waals surface area contributed by atoms with Crippen LogP contribution in [-0.2, 0) is 11.3 Å². The Bertz CT molecular complexity index is 433. The molecule has 0 aliphatic heterocycles. The fraction of sp³-hybridized carbons (Fsp3) is 0.462. The van der Waals surface area contributed by atoms with Crippen LogP contribution >= 0.6 is 0 Å². The quantitative estimate of drug-likeness (QED) is 0.800. The molecule has 0 heterocycles. The van der Waals surface area contributed by atoms with Crippen LogP contribution in [0.4, 0.5) is 4.39 Å². The molecule has 0 saturated heterocycles. The lowest BCUT2D eigenvalue weighted by molar-refractivity contribution is -0.120. The maximum atomic E-state index is 13.4. The van der Waals surface area contributed by atoms with Crippen LogP contribution in [0.25, 0.3) is 0 Å². The predicted molar refractivity (Wildman–Crippen MR) is 65.8 cm³/mol. The lowest BCUT2D eigenvalue weighted by Gasteiger charge is -2.07. The van der Waals surface area contributed by atoms with Gasteiger partial charge in [-0.15, -0.1) is 0 Å². The van der Waals surface area contributed by atoms with E-state index in [1.54, 1.807) is 12.1 Å². The lowest BCUT2D eigenvalue weighted by Crippen LogP contribution is -2.34. The van der Waals surface area contributed by atoms with Crippen molar-refractivity contribution >= 4 is 5.91 Å². The van der Waals surface area contributed by atoms with Gasteiger partial charge in [-0.2, -0.15) is 0 Å². The number of nitrogens with one attached hydrogen (secondary N) is 2. The smallest absolute Gasteiger partial charge is 0.234 e. The van der Waals surface area contributed by atoms with E-state index < -0.39 is 0 Å². The fourth-order valence-electron chi connectivity index (χ4n) is 1.65. The highest BCUT2D eigenvalue weighted by Crippen LogP contribution is 2.18. The van der Waals surface area contributed by atoms with E-state index in [0.29, 0.717) is 12.6 Å². The number of rotatable bonds is 6. The molecule has 0 radical (unpaired) electrons. The first-order chi connectivity index (χ1) is 8.69. The summed E-state index contributed by atoms with van der Waals surface area (Å²) in [4.78, 5) is 11.4. The van der Waals surface area contributed by atoms with E-state index in [1.807, 2.05) is 0 Å². The molecule has 1 fully saturated rings. The highest BCUT2D eigenvalue weighted by Gasteiger charge is 2.22. The first-order valence-electron chi connectivity index (χ1n) is 6.01. The Balaban J connectivity index is 1.75. The third-order valence-corrected chi connectivity index (χ3v) is 2.77. The predicted octanol–water partition coefficient (Wildman–Crippen LogP) is 1.20. The molecule has 0 unspecified atom stereocenters. The Labute approximate surface area is 106 Å². The topological polar surface area (TPSA) is 50.4 Å². The van der Waals surface area contributed by atoms with Crippen molar-refractivity contribution in [2.45, 2.75) is 25.4 Å². The minimum absolute atomic E-state index is 0.00789. The third kappa shape index (κ3) is 3.70. The van der Waals surface area contributed by atoms with Gasteiger partial charge in [0.1, 0.15) is 0 Å². The second-order valence-electron chi connectivity index (χ2n) is 4.41. The lowest BCUT2D eigenvalue weighted by atomic mass is 10.2. The Morgan fingerprint density at radius 3 is 2.89 bits per heavy atom. The van der Waals surface area contributed by atoms with Gasteiger partial charge in [0.25, 0.3) is 0 Å². The molecule has 2 N–H and O–H groups in total. The van der Waals surface area contributed by atoms with Crippen LogP contribution in [-0.4, -0.2) is 25.6 Å². The molecule has 0 bridgehead atoms. The molecule has 1 aromatic carbocycles. The molecule has 5 heteroatoms. The molecule has 1 saturated carbocycles. The van der Waals surface area contributed by atoms with E-state index >= 15 is 0 Å². The Kier molecular flexibility index (Phi) is 4.15. The molecule has 1 amide bonds. The molecule has 0 atom stereocenters. The van der Waals surface area contributed by atoms with Crippen molar-refractivity contribution in [1.29, 1.82) is 0 Å².